The maximum Gasteiger partial charge on any atom is 0.254 e. The highest BCUT2D eigenvalue weighted by atomic mass is 79.9. The molecule has 0 aromatic rings. The molecule has 1 fully saturated rings. The van der Waals surface area contributed by atoms with Crippen LogP contribution in [0.2, 0.25) is 0 Å². The van der Waals surface area contributed by atoms with Crippen LogP contribution in [0.15, 0.2) is 0 Å². The van der Waals surface area contributed by atoms with Crippen molar-refractivity contribution in [3.8, 4) is 0 Å². The molecule has 0 bridgehead atoms. The highest BCUT2D eigenvalue weighted by molar-refractivity contribution is 9.25. The van der Waals surface area contributed by atoms with Crippen molar-refractivity contribution < 1.29 is 9.59 Å². The topological polar surface area (TPSA) is 58.2 Å². The summed E-state index contributed by atoms with van der Waals surface area (Å²) in [4.78, 5) is 23.3. The smallest absolute Gasteiger partial charge is 0.254 e. The third kappa shape index (κ3) is 2.79. The van der Waals surface area contributed by atoms with Crippen molar-refractivity contribution in [2.75, 3.05) is 0 Å². The molecule has 92 valence electrons. The van der Waals surface area contributed by atoms with E-state index in [0.29, 0.717) is 6.42 Å². The maximum absolute atomic E-state index is 11.8. The van der Waals surface area contributed by atoms with E-state index >= 15 is 0 Å². The Kier molecular flexibility index (Phi) is 3.83. The molecule has 0 heterocycles. The molecule has 16 heavy (non-hydrogen) atoms. The zero-order valence-electron chi connectivity index (χ0n) is 9.16. The van der Waals surface area contributed by atoms with Crippen LogP contribution >= 0.6 is 47.8 Å². The summed E-state index contributed by atoms with van der Waals surface area (Å²) in [6.07, 6.45) is 0.680. The predicted molar refractivity (Wildman–Crippen MR) is 72.6 cm³/mol. The van der Waals surface area contributed by atoms with Gasteiger partial charge in [-0.15, -0.1) is 0 Å². The van der Waals surface area contributed by atoms with E-state index in [-0.39, 0.29) is 15.0 Å². The average Bonchev–Trinajstić information content (AvgIpc) is 2.61. The third-order valence-electron chi connectivity index (χ3n) is 2.59. The van der Waals surface area contributed by atoms with E-state index in [9.17, 15) is 9.59 Å². The van der Waals surface area contributed by atoms with Crippen molar-refractivity contribution in [3.05, 3.63) is 0 Å². The molecule has 2 N–H and O–H groups in total. The number of carbonyl (C=O) groups excluding carboxylic acids is 2. The Labute approximate surface area is 120 Å². The van der Waals surface area contributed by atoms with Crippen molar-refractivity contribution in [2.24, 2.45) is 5.41 Å². The number of alkyl halides is 3. The predicted octanol–water partition coefficient (Wildman–Crippen LogP) is 2.20. The quantitative estimate of drug-likeness (QED) is 0.531. The molecule has 1 aliphatic carbocycles. The summed E-state index contributed by atoms with van der Waals surface area (Å²) in [5, 5.41) is 0. The van der Waals surface area contributed by atoms with Gasteiger partial charge in [0.25, 0.3) is 5.91 Å². The SMILES string of the molecule is CC(C)(Br)C(=O)NNC(=O)[C@@]1(C)CC1(Br)Br. The van der Waals surface area contributed by atoms with Crippen molar-refractivity contribution in [3.63, 3.8) is 0 Å². The minimum absolute atomic E-state index is 0.216. The molecular weight excluding hydrogens is 408 g/mol. The number of hydrogen-bond acceptors (Lipinski definition) is 2. The van der Waals surface area contributed by atoms with Gasteiger partial charge in [-0.2, -0.15) is 0 Å². The minimum Gasteiger partial charge on any atom is -0.273 e. The molecule has 0 unspecified atom stereocenters. The van der Waals surface area contributed by atoms with E-state index in [0.717, 1.165) is 0 Å². The van der Waals surface area contributed by atoms with Crippen molar-refractivity contribution >= 4 is 59.6 Å². The Hall–Kier alpha value is 0.380. The van der Waals surface area contributed by atoms with Crippen molar-refractivity contribution in [1.82, 2.24) is 10.9 Å². The Morgan fingerprint density at radius 2 is 1.69 bits per heavy atom. The zero-order chi connectivity index (χ0) is 12.8. The molecule has 1 rings (SSSR count). The van der Waals surface area contributed by atoms with E-state index < -0.39 is 9.74 Å². The van der Waals surface area contributed by atoms with Gasteiger partial charge in [-0.1, -0.05) is 47.8 Å². The first-order valence-corrected chi connectivity index (χ1v) is 7.06. The lowest BCUT2D eigenvalue weighted by molar-refractivity contribution is -0.132. The summed E-state index contributed by atoms with van der Waals surface area (Å²) in [5.74, 6) is -0.508. The fourth-order valence-corrected chi connectivity index (χ4v) is 2.63. The van der Waals surface area contributed by atoms with Crippen LogP contribution < -0.4 is 10.9 Å². The zero-order valence-corrected chi connectivity index (χ0v) is 13.9. The molecule has 0 saturated heterocycles. The second-order valence-electron chi connectivity index (χ2n) is 4.59. The van der Waals surface area contributed by atoms with Gasteiger partial charge in [0.1, 0.15) is 4.32 Å². The van der Waals surface area contributed by atoms with Gasteiger partial charge in [-0.25, -0.2) is 0 Å². The molecule has 4 nitrogen and oxygen atoms in total. The second kappa shape index (κ2) is 4.24. The molecule has 0 aromatic heterocycles. The minimum atomic E-state index is -0.704. The monoisotopic (exact) mass is 418 g/mol. The molecular formula is C9H13Br3N2O2. The number of amides is 2. The number of rotatable bonds is 2. The fourth-order valence-electron chi connectivity index (χ4n) is 1.05. The van der Waals surface area contributed by atoms with E-state index in [2.05, 4.69) is 58.6 Å². The van der Waals surface area contributed by atoms with E-state index in [1.54, 1.807) is 13.8 Å². The molecule has 2 amide bonds. The van der Waals surface area contributed by atoms with E-state index in [1.165, 1.54) is 0 Å². The Bertz CT molecular complexity index is 338. The number of hydrazine groups is 1. The lowest BCUT2D eigenvalue weighted by Crippen LogP contribution is -2.50. The van der Waals surface area contributed by atoms with Crippen LogP contribution in [-0.2, 0) is 9.59 Å². The van der Waals surface area contributed by atoms with Gasteiger partial charge in [0.05, 0.1) is 8.65 Å². The van der Waals surface area contributed by atoms with Gasteiger partial charge in [0.2, 0.25) is 5.91 Å². The largest absolute Gasteiger partial charge is 0.273 e. The molecule has 0 radical (unpaired) electrons. The molecule has 0 spiro atoms. The molecule has 0 aliphatic heterocycles. The Morgan fingerprint density at radius 1 is 1.25 bits per heavy atom. The summed E-state index contributed by atoms with van der Waals surface area (Å²) in [6.45, 7) is 5.22. The summed E-state index contributed by atoms with van der Waals surface area (Å²) >= 11 is 9.98. The van der Waals surface area contributed by atoms with E-state index in [1.807, 2.05) is 6.92 Å². The highest BCUT2D eigenvalue weighted by Gasteiger charge is 2.66. The van der Waals surface area contributed by atoms with Crippen LogP contribution in [0.3, 0.4) is 0 Å². The fraction of sp³-hybridized carbons (Fsp3) is 0.778. The first kappa shape index (κ1) is 14.4. The standard InChI is InChI=1S/C9H13Br3N2O2/c1-7(2,10)5(15)13-14-6(16)8(3)4-9(8,11)12/h4H2,1-3H3,(H,13,15)(H,14,16)/t8-/m1/s1. The van der Waals surface area contributed by atoms with E-state index in [4.69, 9.17) is 0 Å². The lowest BCUT2D eigenvalue weighted by atomic mass is 10.1. The second-order valence-corrected chi connectivity index (χ2v) is 10.3. The van der Waals surface area contributed by atoms with Gasteiger partial charge in [-0.05, 0) is 27.2 Å². The Morgan fingerprint density at radius 3 is 2.00 bits per heavy atom. The number of nitrogens with one attached hydrogen (secondary N) is 2. The van der Waals surface area contributed by atoms with Crippen LogP contribution in [0.4, 0.5) is 0 Å². The van der Waals surface area contributed by atoms with Gasteiger partial charge in [-0.3, -0.25) is 20.4 Å². The Balaban J connectivity index is 2.47. The molecule has 0 aromatic carbocycles. The molecule has 7 heteroatoms. The van der Waals surface area contributed by atoms with Crippen molar-refractivity contribution in [1.29, 1.82) is 0 Å². The molecule has 1 atom stereocenters. The van der Waals surface area contributed by atoms with Crippen LogP contribution in [0.25, 0.3) is 0 Å². The van der Waals surface area contributed by atoms with Gasteiger partial charge in [0, 0.05) is 0 Å². The van der Waals surface area contributed by atoms with Crippen LogP contribution in [0, 0.1) is 5.41 Å². The number of hydrogen-bond donors (Lipinski definition) is 2. The van der Waals surface area contributed by atoms with Gasteiger partial charge < -0.3 is 0 Å². The van der Waals surface area contributed by atoms with Gasteiger partial charge >= 0.3 is 0 Å². The number of halogens is 3. The first-order chi connectivity index (χ1) is 7.01. The summed E-state index contributed by atoms with van der Waals surface area (Å²) in [5.41, 5.74) is 4.27. The van der Waals surface area contributed by atoms with Crippen molar-refractivity contribution in [2.45, 2.75) is 34.7 Å². The average molecular weight is 421 g/mol. The lowest BCUT2D eigenvalue weighted by Gasteiger charge is -2.18. The molecule has 1 aliphatic rings. The third-order valence-corrected chi connectivity index (χ3v) is 5.26. The maximum atomic E-state index is 11.8. The molecule has 1 saturated carbocycles. The first-order valence-electron chi connectivity index (χ1n) is 4.68. The summed E-state index contributed by atoms with van der Waals surface area (Å²) in [7, 11) is 0. The number of carbonyl (C=O) groups is 2. The normalized spacial score (nSPS) is 27.1. The highest BCUT2D eigenvalue weighted by Crippen LogP contribution is 2.66. The van der Waals surface area contributed by atoms with Gasteiger partial charge in [0.15, 0.2) is 0 Å². The van der Waals surface area contributed by atoms with Crippen LogP contribution in [-0.4, -0.2) is 19.4 Å². The van der Waals surface area contributed by atoms with Crippen LogP contribution in [0.1, 0.15) is 27.2 Å². The summed E-state index contributed by atoms with van der Waals surface area (Å²) in [6, 6.07) is 0. The summed E-state index contributed by atoms with van der Waals surface area (Å²) < 4.78 is -1.06. The van der Waals surface area contributed by atoms with Crippen LogP contribution in [0.5, 0.6) is 0 Å².